The van der Waals surface area contributed by atoms with Gasteiger partial charge >= 0.3 is 0 Å². The minimum absolute atomic E-state index is 0.206. The first-order valence-corrected chi connectivity index (χ1v) is 8.40. The van der Waals surface area contributed by atoms with Gasteiger partial charge in [-0.3, -0.25) is 4.79 Å². The van der Waals surface area contributed by atoms with Crippen LogP contribution in [-0.4, -0.2) is 10.9 Å². The van der Waals surface area contributed by atoms with E-state index >= 15 is 0 Å². The lowest BCUT2D eigenvalue weighted by molar-refractivity contribution is 0.102. The molecule has 0 aliphatic heterocycles. The average Bonchev–Trinajstić information content (AvgIpc) is 3.25. The van der Waals surface area contributed by atoms with Crippen LogP contribution in [0.3, 0.4) is 0 Å². The number of carbonyl (C=O) groups is 1. The van der Waals surface area contributed by atoms with Crippen molar-refractivity contribution in [3.8, 4) is 11.5 Å². The topological polar surface area (TPSA) is 68.3 Å². The van der Waals surface area contributed by atoms with Gasteiger partial charge in [-0.25, -0.2) is 4.98 Å². The fourth-order valence-electron chi connectivity index (χ4n) is 2.70. The molecule has 0 saturated heterocycles. The van der Waals surface area contributed by atoms with Gasteiger partial charge in [-0.2, -0.15) is 0 Å². The van der Waals surface area contributed by atoms with Gasteiger partial charge in [0.1, 0.15) is 0 Å². The van der Waals surface area contributed by atoms with Crippen LogP contribution >= 0.6 is 0 Å². The molecule has 0 spiro atoms. The van der Waals surface area contributed by atoms with Crippen LogP contribution in [0, 0.1) is 0 Å². The van der Waals surface area contributed by atoms with Gasteiger partial charge < -0.3 is 14.2 Å². The summed E-state index contributed by atoms with van der Waals surface area (Å²) >= 11 is 0. The number of anilines is 1. The highest BCUT2D eigenvalue weighted by Gasteiger charge is 2.21. The number of benzene rings is 1. The van der Waals surface area contributed by atoms with Crippen molar-refractivity contribution < 1.29 is 13.6 Å². The van der Waals surface area contributed by atoms with Crippen molar-refractivity contribution >= 4 is 11.6 Å². The maximum absolute atomic E-state index is 12.7. The van der Waals surface area contributed by atoms with Crippen molar-refractivity contribution in [2.75, 3.05) is 5.32 Å². The molecule has 5 heteroatoms. The van der Waals surface area contributed by atoms with E-state index in [1.807, 2.05) is 12.1 Å². The van der Waals surface area contributed by atoms with Gasteiger partial charge in [-0.1, -0.05) is 39.8 Å². The van der Waals surface area contributed by atoms with E-state index < -0.39 is 0 Å². The molecule has 2 aromatic heterocycles. The summed E-state index contributed by atoms with van der Waals surface area (Å²) in [6.45, 7) is 8.53. The molecule has 0 aliphatic carbocycles. The molecule has 0 aliphatic rings. The number of nitrogens with zero attached hydrogens (tertiary/aromatic N) is 1. The molecule has 1 aromatic carbocycles. The molecule has 5 nitrogen and oxygen atoms in total. The molecular formula is C20H22N2O3. The summed E-state index contributed by atoms with van der Waals surface area (Å²) in [5.41, 5.74) is 3.34. The highest BCUT2D eigenvalue weighted by molar-refractivity contribution is 6.06. The van der Waals surface area contributed by atoms with Crippen molar-refractivity contribution in [2.24, 2.45) is 0 Å². The average molecular weight is 338 g/mol. The third-order valence-electron chi connectivity index (χ3n) is 4.14. The standard InChI is InChI=1S/C20H22N2O3/c1-12(2)14-7-8-16(15(10-14)13(3)4)22-20(23)18-19(25-11-21-18)17-6-5-9-24-17/h5-13H,1-4H3,(H,22,23). The maximum atomic E-state index is 12.7. The molecule has 0 atom stereocenters. The Hall–Kier alpha value is -2.82. The second-order valence-corrected chi connectivity index (χ2v) is 6.62. The van der Waals surface area contributed by atoms with Gasteiger partial charge in [0.25, 0.3) is 5.91 Å². The van der Waals surface area contributed by atoms with E-state index in [1.165, 1.54) is 18.2 Å². The van der Waals surface area contributed by atoms with Gasteiger partial charge in [-0.05, 0) is 41.2 Å². The van der Waals surface area contributed by atoms with E-state index in [-0.39, 0.29) is 17.5 Å². The number of aromatic nitrogens is 1. The van der Waals surface area contributed by atoms with Crippen molar-refractivity contribution in [1.82, 2.24) is 4.98 Å². The van der Waals surface area contributed by atoms with Crippen LogP contribution in [0.25, 0.3) is 11.5 Å². The maximum Gasteiger partial charge on any atom is 0.278 e. The molecule has 0 saturated carbocycles. The number of oxazole rings is 1. The van der Waals surface area contributed by atoms with Crippen LogP contribution in [0.1, 0.15) is 61.1 Å². The largest absolute Gasteiger partial charge is 0.461 e. The number of rotatable bonds is 5. The molecule has 2 heterocycles. The fraction of sp³-hybridized carbons (Fsp3) is 0.300. The predicted octanol–water partition coefficient (Wildman–Crippen LogP) is 5.43. The summed E-state index contributed by atoms with van der Waals surface area (Å²) in [4.78, 5) is 16.8. The molecule has 0 fully saturated rings. The Morgan fingerprint density at radius 3 is 2.52 bits per heavy atom. The number of carbonyl (C=O) groups excluding carboxylic acids is 1. The first-order chi connectivity index (χ1) is 12.0. The number of hydrogen-bond acceptors (Lipinski definition) is 4. The number of amides is 1. The summed E-state index contributed by atoms with van der Waals surface area (Å²) in [5.74, 6) is 1.20. The molecule has 1 N–H and O–H groups in total. The zero-order chi connectivity index (χ0) is 18.0. The summed E-state index contributed by atoms with van der Waals surface area (Å²) in [7, 11) is 0. The van der Waals surface area contributed by atoms with Crippen LogP contribution in [0.5, 0.6) is 0 Å². The van der Waals surface area contributed by atoms with E-state index in [9.17, 15) is 4.79 Å². The Morgan fingerprint density at radius 1 is 1.08 bits per heavy atom. The fourth-order valence-corrected chi connectivity index (χ4v) is 2.70. The molecule has 130 valence electrons. The van der Waals surface area contributed by atoms with Gasteiger partial charge in [0.15, 0.2) is 17.8 Å². The molecular weight excluding hydrogens is 316 g/mol. The van der Waals surface area contributed by atoms with Crippen LogP contribution in [0.15, 0.2) is 51.8 Å². The predicted molar refractivity (Wildman–Crippen MR) is 96.8 cm³/mol. The summed E-state index contributed by atoms with van der Waals surface area (Å²) in [6, 6.07) is 9.62. The van der Waals surface area contributed by atoms with E-state index in [2.05, 4.69) is 44.1 Å². The Morgan fingerprint density at radius 2 is 1.88 bits per heavy atom. The molecule has 0 unspecified atom stereocenters. The van der Waals surface area contributed by atoms with Crippen LogP contribution in [0.2, 0.25) is 0 Å². The van der Waals surface area contributed by atoms with Crippen LogP contribution in [0.4, 0.5) is 5.69 Å². The molecule has 0 bridgehead atoms. The van der Waals surface area contributed by atoms with Gasteiger partial charge in [-0.15, -0.1) is 0 Å². The van der Waals surface area contributed by atoms with Crippen molar-refractivity contribution in [1.29, 1.82) is 0 Å². The highest BCUT2D eigenvalue weighted by Crippen LogP contribution is 2.30. The van der Waals surface area contributed by atoms with Gasteiger partial charge in [0.05, 0.1) is 6.26 Å². The van der Waals surface area contributed by atoms with Gasteiger partial charge in [0.2, 0.25) is 5.76 Å². The Balaban J connectivity index is 1.91. The zero-order valence-electron chi connectivity index (χ0n) is 14.9. The zero-order valence-corrected chi connectivity index (χ0v) is 14.9. The molecule has 25 heavy (non-hydrogen) atoms. The monoisotopic (exact) mass is 338 g/mol. The SMILES string of the molecule is CC(C)c1ccc(NC(=O)c2ncoc2-c2ccco2)c(C(C)C)c1. The molecule has 0 radical (unpaired) electrons. The molecule has 3 rings (SSSR count). The summed E-state index contributed by atoms with van der Waals surface area (Å²) in [6.07, 6.45) is 2.78. The lowest BCUT2D eigenvalue weighted by atomic mass is 9.94. The number of nitrogens with one attached hydrogen (secondary N) is 1. The molecule has 1 amide bonds. The summed E-state index contributed by atoms with van der Waals surface area (Å²) in [5, 5.41) is 2.96. The van der Waals surface area contributed by atoms with Crippen LogP contribution in [-0.2, 0) is 0 Å². The van der Waals surface area contributed by atoms with Crippen molar-refractivity contribution in [3.05, 3.63) is 59.8 Å². The minimum atomic E-state index is -0.320. The van der Waals surface area contributed by atoms with Crippen molar-refractivity contribution in [2.45, 2.75) is 39.5 Å². The van der Waals surface area contributed by atoms with E-state index in [0.29, 0.717) is 17.4 Å². The third kappa shape index (κ3) is 3.50. The Bertz CT molecular complexity index is 861. The second-order valence-electron chi connectivity index (χ2n) is 6.62. The number of furan rings is 1. The number of hydrogen-bond donors (Lipinski definition) is 1. The quantitative estimate of drug-likeness (QED) is 0.673. The second kappa shape index (κ2) is 6.97. The van der Waals surface area contributed by atoms with E-state index in [1.54, 1.807) is 12.1 Å². The van der Waals surface area contributed by atoms with E-state index in [0.717, 1.165) is 11.3 Å². The Labute approximate surface area is 147 Å². The first-order valence-electron chi connectivity index (χ1n) is 8.40. The first kappa shape index (κ1) is 17.0. The van der Waals surface area contributed by atoms with E-state index in [4.69, 9.17) is 8.83 Å². The van der Waals surface area contributed by atoms with Crippen molar-refractivity contribution in [3.63, 3.8) is 0 Å². The van der Waals surface area contributed by atoms with Crippen LogP contribution < -0.4 is 5.32 Å². The molecule has 3 aromatic rings. The minimum Gasteiger partial charge on any atom is -0.461 e. The normalized spacial score (nSPS) is 11.3. The highest BCUT2D eigenvalue weighted by atomic mass is 16.4. The lowest BCUT2D eigenvalue weighted by Crippen LogP contribution is -2.15. The third-order valence-corrected chi connectivity index (χ3v) is 4.14. The Kier molecular flexibility index (Phi) is 4.74. The lowest BCUT2D eigenvalue weighted by Gasteiger charge is -2.16. The smallest absolute Gasteiger partial charge is 0.278 e. The van der Waals surface area contributed by atoms with Gasteiger partial charge in [0, 0.05) is 5.69 Å². The summed E-state index contributed by atoms with van der Waals surface area (Å²) < 4.78 is 10.6.